The first-order chi connectivity index (χ1) is 15.1. The third-order valence-corrected chi connectivity index (χ3v) is 5.88. The molecular weight excluding hydrogens is 432 g/mol. The number of hydrogen-bond acceptors (Lipinski definition) is 7. The molecule has 5 rings (SSSR count). The van der Waals surface area contributed by atoms with E-state index in [1.807, 2.05) is 23.6 Å². The van der Waals surface area contributed by atoms with Crippen LogP contribution in [0.4, 0.5) is 10.9 Å². The minimum atomic E-state index is 0.133. The molecule has 0 saturated carbocycles. The number of nitrogens with one attached hydrogen (secondary N) is 1. The van der Waals surface area contributed by atoms with Crippen molar-refractivity contribution in [2.75, 3.05) is 19.5 Å². The summed E-state index contributed by atoms with van der Waals surface area (Å²) in [6.07, 6.45) is 0. The molecule has 154 valence electrons. The highest BCUT2D eigenvalue weighted by Gasteiger charge is 2.14. The van der Waals surface area contributed by atoms with Crippen LogP contribution in [0.25, 0.3) is 32.9 Å². The molecule has 2 aromatic heterocycles. The average Bonchev–Trinajstić information content (AvgIpc) is 3.26. The van der Waals surface area contributed by atoms with Crippen molar-refractivity contribution in [2.45, 2.75) is 0 Å². The number of hydrogen-bond donors (Lipinski definition) is 1. The lowest BCUT2D eigenvalue weighted by Crippen LogP contribution is -1.99. The smallest absolute Gasteiger partial charge is 0.224 e. The summed E-state index contributed by atoms with van der Waals surface area (Å²) in [7, 11) is 3.17. The second-order valence-corrected chi connectivity index (χ2v) is 7.99. The summed E-state index contributed by atoms with van der Waals surface area (Å²) < 4.78 is 10.8. The van der Waals surface area contributed by atoms with E-state index in [1.54, 1.807) is 20.3 Å². The molecule has 0 fully saturated rings. The summed E-state index contributed by atoms with van der Waals surface area (Å²) in [5, 5.41) is 9.26. The lowest BCUT2D eigenvalue weighted by molar-refractivity contribution is 0.356. The maximum Gasteiger partial charge on any atom is 0.224 e. The molecule has 3 aromatic carbocycles. The summed E-state index contributed by atoms with van der Waals surface area (Å²) in [6, 6.07) is 18.2. The number of ether oxygens (including phenoxy) is 2. The fraction of sp³-hybridized carbons (Fsp3) is 0.0870. The molecule has 5 aromatic rings. The van der Waals surface area contributed by atoms with Crippen LogP contribution in [0.3, 0.4) is 0 Å². The maximum atomic E-state index is 6.16. The van der Waals surface area contributed by atoms with Gasteiger partial charge in [0.25, 0.3) is 0 Å². The molecule has 2 heterocycles. The van der Waals surface area contributed by atoms with E-state index in [-0.39, 0.29) is 5.28 Å². The number of nitrogens with zero attached hydrogens (tertiary/aromatic N) is 3. The minimum Gasteiger partial charge on any atom is -0.493 e. The summed E-state index contributed by atoms with van der Waals surface area (Å²) in [5.74, 6) is 1.71. The van der Waals surface area contributed by atoms with E-state index < -0.39 is 0 Å². The topological polar surface area (TPSA) is 69.2 Å². The quantitative estimate of drug-likeness (QED) is 0.317. The first kappa shape index (κ1) is 19.5. The van der Waals surface area contributed by atoms with Gasteiger partial charge in [-0.2, -0.15) is 4.98 Å². The fourth-order valence-corrected chi connectivity index (χ4v) is 4.33. The molecule has 0 aliphatic heterocycles. The van der Waals surface area contributed by atoms with Gasteiger partial charge in [0.15, 0.2) is 16.6 Å². The van der Waals surface area contributed by atoms with Crippen molar-refractivity contribution >= 4 is 55.6 Å². The summed E-state index contributed by atoms with van der Waals surface area (Å²) >= 11 is 7.66. The molecular formula is C23H17ClN4O2S. The van der Waals surface area contributed by atoms with Gasteiger partial charge in [0.1, 0.15) is 5.82 Å². The Morgan fingerprint density at radius 3 is 2.45 bits per heavy atom. The molecule has 0 saturated heterocycles. The van der Waals surface area contributed by atoms with Crippen molar-refractivity contribution in [1.29, 1.82) is 0 Å². The van der Waals surface area contributed by atoms with Crippen LogP contribution < -0.4 is 14.8 Å². The third kappa shape index (κ3) is 3.73. The van der Waals surface area contributed by atoms with E-state index in [1.165, 1.54) is 22.1 Å². The number of benzene rings is 3. The number of fused-ring (bicyclic) bond motifs is 2. The van der Waals surface area contributed by atoms with Crippen molar-refractivity contribution in [3.63, 3.8) is 0 Å². The predicted octanol–water partition coefficient (Wildman–Crippen LogP) is 6.32. The van der Waals surface area contributed by atoms with Crippen molar-refractivity contribution in [1.82, 2.24) is 15.0 Å². The molecule has 0 radical (unpaired) electrons. The van der Waals surface area contributed by atoms with Gasteiger partial charge in [-0.05, 0) is 34.5 Å². The number of halogens is 1. The highest BCUT2D eigenvalue weighted by molar-refractivity contribution is 7.14. The third-order valence-electron chi connectivity index (χ3n) is 4.95. The van der Waals surface area contributed by atoms with Crippen LogP contribution in [0.15, 0.2) is 60.0 Å². The molecule has 1 N–H and O–H groups in total. The van der Waals surface area contributed by atoms with E-state index >= 15 is 0 Å². The Kier molecular flexibility index (Phi) is 5.05. The Morgan fingerprint density at radius 1 is 0.871 bits per heavy atom. The van der Waals surface area contributed by atoms with Gasteiger partial charge in [-0.3, -0.25) is 0 Å². The highest BCUT2D eigenvalue weighted by Crippen LogP contribution is 2.36. The Balaban J connectivity index is 1.52. The molecule has 0 aliphatic carbocycles. The standard InChI is InChI=1S/C23H17ClN4O2S/c1-29-19-10-16-17(11-20(19)30-2)25-22(24)27-21(16)28-23-26-18(12-31-23)15-8-7-13-5-3-4-6-14(13)9-15/h3-12H,1-2H3,(H,25,26,27,28). The van der Waals surface area contributed by atoms with Crippen LogP contribution in [0.5, 0.6) is 11.5 Å². The zero-order chi connectivity index (χ0) is 21.4. The second-order valence-electron chi connectivity index (χ2n) is 6.79. The fourth-order valence-electron chi connectivity index (χ4n) is 3.44. The number of rotatable bonds is 5. The molecule has 31 heavy (non-hydrogen) atoms. The molecule has 8 heteroatoms. The second kappa shape index (κ2) is 8.02. The van der Waals surface area contributed by atoms with Crippen molar-refractivity contribution in [2.24, 2.45) is 0 Å². The Hall–Kier alpha value is -3.42. The Bertz CT molecular complexity index is 1420. The predicted molar refractivity (Wildman–Crippen MR) is 126 cm³/mol. The van der Waals surface area contributed by atoms with Gasteiger partial charge in [0, 0.05) is 22.4 Å². The van der Waals surface area contributed by atoms with Crippen LogP contribution in [-0.4, -0.2) is 29.2 Å². The van der Waals surface area contributed by atoms with Gasteiger partial charge in [0.05, 0.1) is 25.4 Å². The first-order valence-corrected chi connectivity index (χ1v) is 10.7. The average molecular weight is 449 g/mol. The largest absolute Gasteiger partial charge is 0.493 e. The SMILES string of the molecule is COc1cc2nc(Cl)nc(Nc3nc(-c4ccc5ccccc5c4)cs3)c2cc1OC. The normalized spacial score (nSPS) is 11.1. The number of anilines is 2. The van der Waals surface area contributed by atoms with Gasteiger partial charge in [0.2, 0.25) is 5.28 Å². The number of aromatic nitrogens is 3. The van der Waals surface area contributed by atoms with E-state index in [0.717, 1.165) is 16.6 Å². The Labute approximate surface area is 187 Å². The van der Waals surface area contributed by atoms with Gasteiger partial charge in [-0.25, -0.2) is 9.97 Å². The molecule has 0 bridgehead atoms. The first-order valence-electron chi connectivity index (χ1n) is 9.45. The molecule has 6 nitrogen and oxygen atoms in total. The lowest BCUT2D eigenvalue weighted by atomic mass is 10.1. The van der Waals surface area contributed by atoms with E-state index in [0.29, 0.717) is 28.0 Å². The van der Waals surface area contributed by atoms with E-state index in [9.17, 15) is 0 Å². The molecule has 0 atom stereocenters. The molecule has 0 unspecified atom stereocenters. The summed E-state index contributed by atoms with van der Waals surface area (Å²) in [5.41, 5.74) is 2.59. The number of methoxy groups -OCH3 is 2. The maximum absolute atomic E-state index is 6.16. The highest BCUT2D eigenvalue weighted by atomic mass is 35.5. The lowest BCUT2D eigenvalue weighted by Gasteiger charge is -2.11. The molecule has 0 amide bonds. The van der Waals surface area contributed by atoms with Crippen LogP contribution >= 0.6 is 22.9 Å². The van der Waals surface area contributed by atoms with Crippen LogP contribution in [0, 0.1) is 0 Å². The molecule has 0 spiro atoms. The zero-order valence-electron chi connectivity index (χ0n) is 16.7. The van der Waals surface area contributed by atoms with Crippen LogP contribution in [0.1, 0.15) is 0 Å². The zero-order valence-corrected chi connectivity index (χ0v) is 18.3. The van der Waals surface area contributed by atoms with Crippen molar-refractivity contribution < 1.29 is 9.47 Å². The van der Waals surface area contributed by atoms with Crippen LogP contribution in [-0.2, 0) is 0 Å². The Morgan fingerprint density at radius 2 is 1.65 bits per heavy atom. The number of thiazole rings is 1. The van der Waals surface area contributed by atoms with Gasteiger partial charge in [-0.15, -0.1) is 11.3 Å². The van der Waals surface area contributed by atoms with Crippen molar-refractivity contribution in [3.8, 4) is 22.8 Å². The minimum absolute atomic E-state index is 0.133. The van der Waals surface area contributed by atoms with Gasteiger partial charge < -0.3 is 14.8 Å². The summed E-state index contributed by atoms with van der Waals surface area (Å²) in [4.78, 5) is 13.4. The molecule has 0 aliphatic rings. The van der Waals surface area contributed by atoms with Gasteiger partial charge in [-0.1, -0.05) is 36.4 Å². The summed E-state index contributed by atoms with van der Waals surface area (Å²) in [6.45, 7) is 0. The van der Waals surface area contributed by atoms with Crippen LogP contribution in [0.2, 0.25) is 5.28 Å². The van der Waals surface area contributed by atoms with E-state index in [4.69, 9.17) is 26.1 Å². The van der Waals surface area contributed by atoms with E-state index in [2.05, 4.69) is 45.6 Å². The van der Waals surface area contributed by atoms with Gasteiger partial charge >= 0.3 is 0 Å². The van der Waals surface area contributed by atoms with Crippen molar-refractivity contribution in [3.05, 3.63) is 65.3 Å². The monoisotopic (exact) mass is 448 g/mol.